The van der Waals surface area contributed by atoms with Crippen LogP contribution in [0.25, 0.3) is 0 Å². The van der Waals surface area contributed by atoms with Gasteiger partial charge in [-0.3, -0.25) is 4.79 Å². The summed E-state index contributed by atoms with van der Waals surface area (Å²) in [5.41, 5.74) is 7.41. The van der Waals surface area contributed by atoms with Crippen molar-refractivity contribution < 1.29 is 4.79 Å². The molecule has 0 bridgehead atoms. The Hall–Kier alpha value is -1.26. The highest BCUT2D eigenvalue weighted by Gasteiger charge is 2.19. The SMILES string of the molecule is CCCN1CCC(NC(=O)Cc2cccc(N)c2)CC1.Cl. The minimum absolute atomic E-state index is 0. The molecule has 118 valence electrons. The zero-order valence-electron chi connectivity index (χ0n) is 12.7. The molecule has 0 aliphatic carbocycles. The van der Waals surface area contributed by atoms with Crippen LogP contribution in [0.3, 0.4) is 0 Å². The Labute approximate surface area is 133 Å². The monoisotopic (exact) mass is 311 g/mol. The van der Waals surface area contributed by atoms with E-state index in [1.54, 1.807) is 0 Å². The van der Waals surface area contributed by atoms with E-state index in [1.807, 2.05) is 24.3 Å². The largest absolute Gasteiger partial charge is 0.399 e. The first-order valence-electron chi connectivity index (χ1n) is 7.53. The van der Waals surface area contributed by atoms with Crippen LogP contribution < -0.4 is 11.1 Å². The molecule has 1 heterocycles. The lowest BCUT2D eigenvalue weighted by Gasteiger charge is -2.32. The van der Waals surface area contributed by atoms with E-state index in [0.29, 0.717) is 18.2 Å². The molecule has 4 nitrogen and oxygen atoms in total. The molecule has 0 unspecified atom stereocenters. The summed E-state index contributed by atoms with van der Waals surface area (Å²) in [5.74, 6) is 0.101. The fourth-order valence-corrected chi connectivity index (χ4v) is 2.78. The van der Waals surface area contributed by atoms with Gasteiger partial charge in [0.1, 0.15) is 0 Å². The molecule has 21 heavy (non-hydrogen) atoms. The molecular weight excluding hydrogens is 286 g/mol. The van der Waals surface area contributed by atoms with Crippen molar-refractivity contribution in [2.24, 2.45) is 0 Å². The number of halogens is 1. The van der Waals surface area contributed by atoms with Gasteiger partial charge in [-0.15, -0.1) is 12.4 Å². The van der Waals surface area contributed by atoms with Crippen LogP contribution in [0, 0.1) is 0 Å². The summed E-state index contributed by atoms with van der Waals surface area (Å²) in [4.78, 5) is 14.5. The molecule has 1 aromatic carbocycles. The van der Waals surface area contributed by atoms with Gasteiger partial charge in [-0.1, -0.05) is 19.1 Å². The molecule has 1 aliphatic heterocycles. The molecule has 2 rings (SSSR count). The lowest BCUT2D eigenvalue weighted by Crippen LogP contribution is -2.45. The third kappa shape index (κ3) is 5.94. The maximum absolute atomic E-state index is 12.0. The van der Waals surface area contributed by atoms with E-state index < -0.39 is 0 Å². The molecule has 0 aromatic heterocycles. The van der Waals surface area contributed by atoms with E-state index in [-0.39, 0.29) is 18.3 Å². The number of carbonyl (C=O) groups is 1. The van der Waals surface area contributed by atoms with Gasteiger partial charge >= 0.3 is 0 Å². The van der Waals surface area contributed by atoms with Crippen LogP contribution in [0.1, 0.15) is 31.7 Å². The summed E-state index contributed by atoms with van der Waals surface area (Å²) >= 11 is 0. The summed E-state index contributed by atoms with van der Waals surface area (Å²) in [6.07, 6.45) is 3.73. The summed E-state index contributed by atoms with van der Waals surface area (Å²) < 4.78 is 0. The van der Waals surface area contributed by atoms with Crippen molar-refractivity contribution in [2.75, 3.05) is 25.4 Å². The fraction of sp³-hybridized carbons (Fsp3) is 0.562. The van der Waals surface area contributed by atoms with Crippen molar-refractivity contribution in [2.45, 2.75) is 38.6 Å². The molecule has 3 N–H and O–H groups in total. The van der Waals surface area contributed by atoms with Crippen molar-refractivity contribution in [3.8, 4) is 0 Å². The van der Waals surface area contributed by atoms with Crippen LogP contribution in [0.5, 0.6) is 0 Å². The van der Waals surface area contributed by atoms with Gasteiger partial charge in [-0.2, -0.15) is 0 Å². The number of piperidine rings is 1. The summed E-state index contributed by atoms with van der Waals surface area (Å²) in [6.45, 7) is 5.57. The Kier molecular flexibility index (Phi) is 7.54. The lowest BCUT2D eigenvalue weighted by atomic mass is 10.0. The van der Waals surface area contributed by atoms with Crippen LogP contribution in [0.2, 0.25) is 0 Å². The van der Waals surface area contributed by atoms with Crippen molar-refractivity contribution >= 4 is 24.0 Å². The van der Waals surface area contributed by atoms with Crippen LogP contribution in [-0.2, 0) is 11.2 Å². The quantitative estimate of drug-likeness (QED) is 0.820. The Bertz CT molecular complexity index is 445. The highest BCUT2D eigenvalue weighted by Crippen LogP contribution is 2.12. The number of nitrogens with two attached hydrogens (primary N) is 1. The number of hydrogen-bond donors (Lipinski definition) is 2. The molecule has 1 saturated heterocycles. The smallest absolute Gasteiger partial charge is 0.224 e. The highest BCUT2D eigenvalue weighted by molar-refractivity contribution is 5.85. The predicted octanol–water partition coefficient (Wildman–Crippen LogP) is 2.22. The second-order valence-electron chi connectivity index (χ2n) is 5.61. The molecule has 1 amide bonds. The van der Waals surface area contributed by atoms with Gasteiger partial charge in [0.05, 0.1) is 6.42 Å². The molecule has 1 fully saturated rings. The predicted molar refractivity (Wildman–Crippen MR) is 89.7 cm³/mol. The third-order valence-corrected chi connectivity index (χ3v) is 3.81. The second-order valence-corrected chi connectivity index (χ2v) is 5.61. The highest BCUT2D eigenvalue weighted by atomic mass is 35.5. The summed E-state index contributed by atoms with van der Waals surface area (Å²) in [6, 6.07) is 7.87. The van der Waals surface area contributed by atoms with Gasteiger partial charge in [0, 0.05) is 24.8 Å². The molecule has 0 spiro atoms. The minimum atomic E-state index is 0. The zero-order valence-corrected chi connectivity index (χ0v) is 13.5. The average Bonchev–Trinajstić information content (AvgIpc) is 2.41. The van der Waals surface area contributed by atoms with Gasteiger partial charge in [0.15, 0.2) is 0 Å². The van der Waals surface area contributed by atoms with Gasteiger partial charge in [0.25, 0.3) is 0 Å². The van der Waals surface area contributed by atoms with Crippen molar-refractivity contribution in [3.05, 3.63) is 29.8 Å². The van der Waals surface area contributed by atoms with E-state index in [1.165, 1.54) is 13.0 Å². The Morgan fingerprint density at radius 1 is 1.38 bits per heavy atom. The van der Waals surface area contributed by atoms with Gasteiger partial charge in [-0.05, 0) is 43.5 Å². The Balaban J connectivity index is 0.00000220. The van der Waals surface area contributed by atoms with Crippen molar-refractivity contribution in [1.82, 2.24) is 10.2 Å². The normalized spacial score (nSPS) is 16.2. The number of nitrogens with one attached hydrogen (secondary N) is 1. The van der Waals surface area contributed by atoms with Gasteiger partial charge in [-0.25, -0.2) is 0 Å². The topological polar surface area (TPSA) is 58.4 Å². The first kappa shape index (κ1) is 17.8. The molecule has 5 heteroatoms. The first-order chi connectivity index (χ1) is 9.67. The van der Waals surface area contributed by atoms with Crippen LogP contribution in [0.4, 0.5) is 5.69 Å². The van der Waals surface area contributed by atoms with Gasteiger partial charge < -0.3 is 16.0 Å². The molecule has 0 radical (unpaired) electrons. The van der Waals surface area contributed by atoms with Crippen molar-refractivity contribution in [1.29, 1.82) is 0 Å². The minimum Gasteiger partial charge on any atom is -0.399 e. The molecule has 0 atom stereocenters. The number of hydrogen-bond acceptors (Lipinski definition) is 3. The van der Waals surface area contributed by atoms with E-state index in [0.717, 1.165) is 31.5 Å². The molecule has 1 aromatic rings. The maximum Gasteiger partial charge on any atom is 0.224 e. The van der Waals surface area contributed by atoms with E-state index in [9.17, 15) is 4.79 Å². The maximum atomic E-state index is 12.0. The zero-order chi connectivity index (χ0) is 14.4. The number of carbonyl (C=O) groups excluding carboxylic acids is 1. The molecular formula is C16H26ClN3O. The summed E-state index contributed by atoms with van der Waals surface area (Å²) in [7, 11) is 0. The number of benzene rings is 1. The standard InChI is InChI=1S/C16H25N3O.ClH/c1-2-8-19-9-6-15(7-10-19)18-16(20)12-13-4-3-5-14(17)11-13;/h3-5,11,15H,2,6-10,12,17H2,1H3,(H,18,20);1H. The van der Waals surface area contributed by atoms with Crippen LogP contribution >= 0.6 is 12.4 Å². The number of nitrogens with zero attached hydrogens (tertiary/aromatic N) is 1. The lowest BCUT2D eigenvalue weighted by molar-refractivity contribution is -0.121. The number of amides is 1. The van der Waals surface area contributed by atoms with Crippen LogP contribution in [-0.4, -0.2) is 36.5 Å². The number of likely N-dealkylation sites (tertiary alicyclic amines) is 1. The number of nitrogen functional groups attached to an aromatic ring is 1. The summed E-state index contributed by atoms with van der Waals surface area (Å²) in [5, 5.41) is 3.14. The number of anilines is 1. The second kappa shape index (κ2) is 8.90. The van der Waals surface area contributed by atoms with Gasteiger partial charge in [0.2, 0.25) is 5.91 Å². The average molecular weight is 312 g/mol. The first-order valence-corrected chi connectivity index (χ1v) is 7.53. The van der Waals surface area contributed by atoms with Crippen LogP contribution in [0.15, 0.2) is 24.3 Å². The van der Waals surface area contributed by atoms with E-state index >= 15 is 0 Å². The third-order valence-electron chi connectivity index (χ3n) is 3.81. The fourth-order valence-electron chi connectivity index (χ4n) is 2.78. The van der Waals surface area contributed by atoms with Crippen molar-refractivity contribution in [3.63, 3.8) is 0 Å². The Morgan fingerprint density at radius 2 is 2.10 bits per heavy atom. The number of rotatable bonds is 5. The van der Waals surface area contributed by atoms with E-state index in [4.69, 9.17) is 5.73 Å². The Morgan fingerprint density at radius 3 is 2.71 bits per heavy atom. The molecule has 0 saturated carbocycles. The van der Waals surface area contributed by atoms with E-state index in [2.05, 4.69) is 17.1 Å². The molecule has 1 aliphatic rings.